The van der Waals surface area contributed by atoms with Crippen LogP contribution < -0.4 is 4.90 Å². The van der Waals surface area contributed by atoms with Gasteiger partial charge in [-0.05, 0) is 115 Å². The standard InChI is InChI=1S/C48H31NO/c1-2-9-32(10-3-1)35-14-8-15-41(27-35)49(42-24-26-44-39(28-42)18-17-34-11-6-7-16-43(34)44)40-22-19-33(20-23-40)38-21-25-45-46-29-36-12-4-5-13-37(36)30-48(46)50-47(45)31-38/h1-31H. The largest absolute Gasteiger partial charge is 0.456 e. The van der Waals surface area contributed by atoms with E-state index in [1.54, 1.807) is 0 Å². The van der Waals surface area contributed by atoms with Crippen LogP contribution in [0.3, 0.4) is 0 Å². The van der Waals surface area contributed by atoms with Crippen LogP contribution in [0.4, 0.5) is 17.1 Å². The highest BCUT2D eigenvalue weighted by Crippen LogP contribution is 2.40. The molecule has 0 spiro atoms. The third-order valence-electron chi connectivity index (χ3n) is 10.00. The zero-order valence-electron chi connectivity index (χ0n) is 27.3. The summed E-state index contributed by atoms with van der Waals surface area (Å²) in [4.78, 5) is 2.36. The van der Waals surface area contributed by atoms with Crippen molar-refractivity contribution in [2.75, 3.05) is 4.90 Å². The summed E-state index contributed by atoms with van der Waals surface area (Å²) in [5.74, 6) is 0. The topological polar surface area (TPSA) is 16.4 Å². The van der Waals surface area contributed by atoms with E-state index < -0.39 is 0 Å². The Kier molecular flexibility index (Phi) is 6.53. The fourth-order valence-corrected chi connectivity index (χ4v) is 7.49. The first-order valence-corrected chi connectivity index (χ1v) is 17.1. The summed E-state index contributed by atoms with van der Waals surface area (Å²) >= 11 is 0. The van der Waals surface area contributed by atoms with E-state index in [9.17, 15) is 0 Å². The van der Waals surface area contributed by atoms with Crippen molar-refractivity contribution in [1.82, 2.24) is 0 Å². The summed E-state index contributed by atoms with van der Waals surface area (Å²) in [5, 5.41) is 9.70. The predicted octanol–water partition coefficient (Wildman–Crippen LogP) is 13.8. The van der Waals surface area contributed by atoms with Crippen molar-refractivity contribution in [2.45, 2.75) is 0 Å². The summed E-state index contributed by atoms with van der Waals surface area (Å²) in [6, 6.07) is 67.6. The van der Waals surface area contributed by atoms with Gasteiger partial charge in [0.1, 0.15) is 11.2 Å². The van der Waals surface area contributed by atoms with Crippen LogP contribution in [0.1, 0.15) is 0 Å². The van der Waals surface area contributed by atoms with Crippen LogP contribution in [-0.2, 0) is 0 Å². The van der Waals surface area contributed by atoms with E-state index in [1.165, 1.54) is 43.4 Å². The minimum Gasteiger partial charge on any atom is -0.456 e. The second-order valence-corrected chi connectivity index (χ2v) is 13.0. The van der Waals surface area contributed by atoms with Gasteiger partial charge >= 0.3 is 0 Å². The van der Waals surface area contributed by atoms with E-state index in [2.05, 4.69) is 193 Å². The molecule has 2 heteroatoms. The van der Waals surface area contributed by atoms with Gasteiger partial charge in [0.15, 0.2) is 0 Å². The van der Waals surface area contributed by atoms with Crippen LogP contribution in [-0.4, -0.2) is 0 Å². The zero-order valence-corrected chi connectivity index (χ0v) is 27.3. The fourth-order valence-electron chi connectivity index (χ4n) is 7.49. The van der Waals surface area contributed by atoms with E-state index >= 15 is 0 Å². The quantitative estimate of drug-likeness (QED) is 0.175. The van der Waals surface area contributed by atoms with Gasteiger partial charge in [-0.15, -0.1) is 0 Å². The second-order valence-electron chi connectivity index (χ2n) is 13.0. The molecule has 0 saturated carbocycles. The van der Waals surface area contributed by atoms with Gasteiger partial charge in [-0.3, -0.25) is 0 Å². The number of fused-ring (bicyclic) bond motifs is 7. The number of benzene rings is 9. The molecule has 9 aromatic carbocycles. The van der Waals surface area contributed by atoms with Crippen molar-refractivity contribution in [3.63, 3.8) is 0 Å². The lowest BCUT2D eigenvalue weighted by Gasteiger charge is -2.26. The molecule has 0 bridgehead atoms. The van der Waals surface area contributed by atoms with Crippen molar-refractivity contribution >= 4 is 71.3 Å². The van der Waals surface area contributed by atoms with Gasteiger partial charge in [0, 0.05) is 27.8 Å². The molecule has 1 aromatic heterocycles. The van der Waals surface area contributed by atoms with Crippen molar-refractivity contribution < 1.29 is 4.42 Å². The lowest BCUT2D eigenvalue weighted by Crippen LogP contribution is -2.10. The Morgan fingerprint density at radius 3 is 1.72 bits per heavy atom. The molecule has 10 rings (SSSR count). The van der Waals surface area contributed by atoms with Crippen molar-refractivity contribution in [1.29, 1.82) is 0 Å². The molecule has 50 heavy (non-hydrogen) atoms. The normalized spacial score (nSPS) is 11.6. The summed E-state index contributed by atoms with van der Waals surface area (Å²) < 4.78 is 6.40. The van der Waals surface area contributed by atoms with Gasteiger partial charge in [-0.1, -0.05) is 127 Å². The number of hydrogen-bond donors (Lipinski definition) is 0. The summed E-state index contributed by atoms with van der Waals surface area (Å²) in [6.07, 6.45) is 0. The van der Waals surface area contributed by atoms with Crippen LogP contribution >= 0.6 is 0 Å². The lowest BCUT2D eigenvalue weighted by atomic mass is 10.00. The molecule has 0 fully saturated rings. The second kappa shape index (κ2) is 11.5. The smallest absolute Gasteiger partial charge is 0.136 e. The fraction of sp³-hybridized carbons (Fsp3) is 0. The number of anilines is 3. The van der Waals surface area contributed by atoms with Crippen LogP contribution in [0.15, 0.2) is 192 Å². The Labute approximate surface area is 290 Å². The molecule has 0 unspecified atom stereocenters. The van der Waals surface area contributed by atoms with E-state index in [-0.39, 0.29) is 0 Å². The molecule has 0 amide bonds. The third kappa shape index (κ3) is 4.81. The Bertz CT molecular complexity index is 2870. The first kappa shape index (κ1) is 28.4. The Morgan fingerprint density at radius 1 is 0.280 bits per heavy atom. The molecular weight excluding hydrogens is 607 g/mol. The number of nitrogens with zero attached hydrogens (tertiary/aromatic N) is 1. The van der Waals surface area contributed by atoms with E-state index in [1.807, 2.05) is 0 Å². The average Bonchev–Trinajstić information content (AvgIpc) is 3.54. The molecule has 0 atom stereocenters. The Hall–Kier alpha value is -6.64. The number of furan rings is 1. The molecule has 0 radical (unpaired) electrons. The molecule has 0 aliphatic carbocycles. The average molecular weight is 638 g/mol. The van der Waals surface area contributed by atoms with Crippen molar-refractivity contribution in [3.05, 3.63) is 188 Å². The highest BCUT2D eigenvalue weighted by Gasteiger charge is 2.16. The minimum atomic E-state index is 0.903. The molecule has 2 nitrogen and oxygen atoms in total. The van der Waals surface area contributed by atoms with E-state index in [4.69, 9.17) is 4.42 Å². The first-order valence-electron chi connectivity index (χ1n) is 17.1. The monoisotopic (exact) mass is 637 g/mol. The zero-order chi connectivity index (χ0) is 33.0. The maximum Gasteiger partial charge on any atom is 0.136 e. The van der Waals surface area contributed by atoms with Gasteiger partial charge in [-0.2, -0.15) is 0 Å². The molecular formula is C48H31NO. The van der Waals surface area contributed by atoms with Crippen LogP contribution in [0.25, 0.3) is 76.5 Å². The maximum atomic E-state index is 6.40. The lowest BCUT2D eigenvalue weighted by molar-refractivity contribution is 0.669. The highest BCUT2D eigenvalue weighted by molar-refractivity contribution is 6.11. The Morgan fingerprint density at radius 2 is 0.860 bits per heavy atom. The summed E-state index contributed by atoms with van der Waals surface area (Å²) in [6.45, 7) is 0. The minimum absolute atomic E-state index is 0.903. The molecule has 10 aromatic rings. The molecule has 0 N–H and O–H groups in total. The molecule has 0 aliphatic heterocycles. The Balaban J connectivity index is 1.07. The first-order chi connectivity index (χ1) is 24.7. The third-order valence-corrected chi connectivity index (χ3v) is 10.00. The highest BCUT2D eigenvalue weighted by atomic mass is 16.3. The van der Waals surface area contributed by atoms with Crippen LogP contribution in [0.2, 0.25) is 0 Å². The van der Waals surface area contributed by atoms with Crippen molar-refractivity contribution in [3.8, 4) is 22.3 Å². The summed E-state index contributed by atoms with van der Waals surface area (Å²) in [5.41, 5.74) is 9.79. The summed E-state index contributed by atoms with van der Waals surface area (Å²) in [7, 11) is 0. The number of hydrogen-bond acceptors (Lipinski definition) is 2. The van der Waals surface area contributed by atoms with Gasteiger partial charge < -0.3 is 9.32 Å². The van der Waals surface area contributed by atoms with E-state index in [0.717, 1.165) is 50.1 Å². The van der Waals surface area contributed by atoms with Gasteiger partial charge in [0.2, 0.25) is 0 Å². The molecule has 1 heterocycles. The number of rotatable bonds is 5. The van der Waals surface area contributed by atoms with Crippen LogP contribution in [0.5, 0.6) is 0 Å². The van der Waals surface area contributed by atoms with Crippen LogP contribution in [0, 0.1) is 0 Å². The maximum absolute atomic E-state index is 6.40. The predicted molar refractivity (Wildman–Crippen MR) is 212 cm³/mol. The molecule has 0 saturated heterocycles. The van der Waals surface area contributed by atoms with Gasteiger partial charge in [-0.25, -0.2) is 0 Å². The SMILES string of the molecule is c1ccc(-c2cccc(N(c3ccc(-c4ccc5c(c4)oc4cc6ccccc6cc45)cc3)c3ccc4c(ccc5ccccc54)c3)c2)cc1. The molecule has 234 valence electrons. The van der Waals surface area contributed by atoms with Gasteiger partial charge in [0.25, 0.3) is 0 Å². The van der Waals surface area contributed by atoms with E-state index in [0.29, 0.717) is 0 Å². The molecule has 0 aliphatic rings. The van der Waals surface area contributed by atoms with Crippen molar-refractivity contribution in [2.24, 2.45) is 0 Å². The van der Waals surface area contributed by atoms with Gasteiger partial charge in [0.05, 0.1) is 0 Å².